The molecule has 0 bridgehead atoms. The Hall–Kier alpha value is -1.91. The van der Waals surface area contributed by atoms with E-state index in [4.69, 9.17) is 4.74 Å². The largest absolute Gasteiger partial charge is 0.497 e. The zero-order chi connectivity index (χ0) is 17.6. The number of hydrogen-bond donors (Lipinski definition) is 0. The standard InChI is InChI=1S/C21H29N3O/c1-4-23(5-2)15-16-24-14-12-20-19(7-6-13-22-20)21(24)17-8-10-18(25-3)11-9-17/h6-11,13,21H,4-5,12,14-16H2,1-3H3. The van der Waals surface area contributed by atoms with Crippen molar-refractivity contribution in [1.82, 2.24) is 14.8 Å². The summed E-state index contributed by atoms with van der Waals surface area (Å²) in [4.78, 5) is 9.72. The minimum atomic E-state index is 0.277. The molecule has 0 spiro atoms. The van der Waals surface area contributed by atoms with Crippen LogP contribution in [0.15, 0.2) is 42.6 Å². The maximum atomic E-state index is 5.33. The molecule has 134 valence electrons. The van der Waals surface area contributed by atoms with Crippen molar-refractivity contribution in [2.75, 3.05) is 39.8 Å². The van der Waals surface area contributed by atoms with Crippen LogP contribution in [0, 0.1) is 0 Å². The second-order valence-electron chi connectivity index (χ2n) is 6.53. The lowest BCUT2D eigenvalue weighted by Crippen LogP contribution is -2.41. The molecule has 1 aromatic carbocycles. The van der Waals surface area contributed by atoms with Crippen molar-refractivity contribution in [2.24, 2.45) is 0 Å². The molecule has 0 aliphatic carbocycles. The lowest BCUT2D eigenvalue weighted by Gasteiger charge is -2.38. The van der Waals surface area contributed by atoms with Crippen molar-refractivity contribution in [3.05, 3.63) is 59.4 Å². The summed E-state index contributed by atoms with van der Waals surface area (Å²) in [6.45, 7) is 9.93. The molecule has 4 nitrogen and oxygen atoms in total. The summed E-state index contributed by atoms with van der Waals surface area (Å²) in [7, 11) is 1.71. The summed E-state index contributed by atoms with van der Waals surface area (Å²) >= 11 is 0. The van der Waals surface area contributed by atoms with Crippen molar-refractivity contribution in [2.45, 2.75) is 26.3 Å². The lowest BCUT2D eigenvalue weighted by molar-refractivity contribution is 0.174. The van der Waals surface area contributed by atoms with Gasteiger partial charge in [-0.05, 0) is 42.4 Å². The number of nitrogens with zero attached hydrogens (tertiary/aromatic N) is 3. The molecule has 4 heteroatoms. The fourth-order valence-corrected chi connectivity index (χ4v) is 3.71. The first-order valence-electron chi connectivity index (χ1n) is 9.31. The van der Waals surface area contributed by atoms with Crippen LogP contribution >= 0.6 is 0 Å². The smallest absolute Gasteiger partial charge is 0.118 e. The molecule has 0 saturated carbocycles. The number of benzene rings is 1. The molecule has 3 rings (SSSR count). The van der Waals surface area contributed by atoms with Crippen LogP contribution < -0.4 is 4.74 Å². The Kier molecular flexibility index (Phi) is 6.05. The van der Waals surface area contributed by atoms with Gasteiger partial charge < -0.3 is 9.64 Å². The summed E-state index contributed by atoms with van der Waals surface area (Å²) in [6, 6.07) is 13.1. The van der Waals surface area contributed by atoms with Crippen molar-refractivity contribution < 1.29 is 4.74 Å². The van der Waals surface area contributed by atoms with Gasteiger partial charge in [-0.1, -0.05) is 32.0 Å². The molecule has 0 amide bonds. The van der Waals surface area contributed by atoms with Gasteiger partial charge in [-0.15, -0.1) is 0 Å². The van der Waals surface area contributed by atoms with Gasteiger partial charge in [-0.3, -0.25) is 9.88 Å². The monoisotopic (exact) mass is 339 g/mol. The van der Waals surface area contributed by atoms with Gasteiger partial charge in [0.25, 0.3) is 0 Å². The number of fused-ring (bicyclic) bond motifs is 1. The number of ether oxygens (including phenoxy) is 1. The van der Waals surface area contributed by atoms with Crippen LogP contribution in [-0.2, 0) is 6.42 Å². The SMILES string of the molecule is CCN(CC)CCN1CCc2ncccc2C1c1ccc(OC)cc1. The Labute approximate surface area is 151 Å². The van der Waals surface area contributed by atoms with Gasteiger partial charge in [0, 0.05) is 37.9 Å². The Morgan fingerprint density at radius 3 is 2.60 bits per heavy atom. The first-order chi connectivity index (χ1) is 12.3. The zero-order valence-electron chi connectivity index (χ0n) is 15.6. The average Bonchev–Trinajstić information content (AvgIpc) is 2.68. The first kappa shape index (κ1) is 17.9. The van der Waals surface area contributed by atoms with Gasteiger partial charge in [0.05, 0.1) is 13.2 Å². The highest BCUT2D eigenvalue weighted by Crippen LogP contribution is 2.34. The quantitative estimate of drug-likeness (QED) is 0.773. The molecule has 0 radical (unpaired) electrons. The third kappa shape index (κ3) is 4.02. The van der Waals surface area contributed by atoms with E-state index in [1.165, 1.54) is 16.8 Å². The highest BCUT2D eigenvalue weighted by molar-refractivity contribution is 5.38. The van der Waals surface area contributed by atoms with E-state index in [1.807, 2.05) is 6.20 Å². The van der Waals surface area contributed by atoms with E-state index in [-0.39, 0.29) is 6.04 Å². The summed E-state index contributed by atoms with van der Waals surface area (Å²) < 4.78 is 5.33. The van der Waals surface area contributed by atoms with E-state index in [2.05, 4.69) is 65.0 Å². The second kappa shape index (κ2) is 8.45. The van der Waals surface area contributed by atoms with Gasteiger partial charge in [-0.25, -0.2) is 0 Å². The van der Waals surface area contributed by atoms with E-state index < -0.39 is 0 Å². The highest BCUT2D eigenvalue weighted by Gasteiger charge is 2.29. The molecule has 2 aromatic rings. The highest BCUT2D eigenvalue weighted by atomic mass is 16.5. The predicted molar refractivity (Wildman–Crippen MR) is 102 cm³/mol. The number of methoxy groups -OCH3 is 1. The second-order valence-corrected chi connectivity index (χ2v) is 6.53. The molecule has 1 aromatic heterocycles. The van der Waals surface area contributed by atoms with Crippen molar-refractivity contribution in [1.29, 1.82) is 0 Å². The van der Waals surface area contributed by atoms with Gasteiger partial charge in [0.2, 0.25) is 0 Å². The Bertz CT molecular complexity index is 667. The molecule has 1 aliphatic rings. The molecule has 1 unspecified atom stereocenters. The normalized spacial score (nSPS) is 17.5. The van der Waals surface area contributed by atoms with Crippen molar-refractivity contribution in [3.8, 4) is 5.75 Å². The van der Waals surface area contributed by atoms with Gasteiger partial charge in [0.1, 0.15) is 5.75 Å². The van der Waals surface area contributed by atoms with Crippen LogP contribution in [0.4, 0.5) is 0 Å². The average molecular weight is 339 g/mol. The lowest BCUT2D eigenvalue weighted by atomic mass is 9.91. The van der Waals surface area contributed by atoms with Crippen LogP contribution in [-0.4, -0.2) is 54.6 Å². The van der Waals surface area contributed by atoms with Crippen LogP contribution in [0.25, 0.3) is 0 Å². The minimum Gasteiger partial charge on any atom is -0.497 e. The van der Waals surface area contributed by atoms with E-state index in [9.17, 15) is 0 Å². The van der Waals surface area contributed by atoms with E-state index in [1.54, 1.807) is 7.11 Å². The molecule has 25 heavy (non-hydrogen) atoms. The number of aromatic nitrogens is 1. The number of pyridine rings is 1. The molecular formula is C21H29N3O. The summed E-state index contributed by atoms with van der Waals surface area (Å²) in [5.74, 6) is 0.903. The predicted octanol–water partition coefficient (Wildman–Crippen LogP) is 3.38. The Morgan fingerprint density at radius 2 is 1.92 bits per heavy atom. The fourth-order valence-electron chi connectivity index (χ4n) is 3.71. The van der Waals surface area contributed by atoms with Crippen LogP contribution in [0.5, 0.6) is 5.75 Å². The molecule has 1 atom stereocenters. The molecule has 0 N–H and O–H groups in total. The fraction of sp³-hybridized carbons (Fsp3) is 0.476. The van der Waals surface area contributed by atoms with E-state index in [0.29, 0.717) is 0 Å². The summed E-state index contributed by atoms with van der Waals surface area (Å²) in [5.41, 5.74) is 3.90. The number of rotatable bonds is 7. The third-order valence-corrected chi connectivity index (χ3v) is 5.25. The third-order valence-electron chi connectivity index (χ3n) is 5.25. The number of likely N-dealkylation sites (N-methyl/N-ethyl adjacent to an activating group) is 1. The maximum Gasteiger partial charge on any atom is 0.118 e. The van der Waals surface area contributed by atoms with Crippen molar-refractivity contribution in [3.63, 3.8) is 0 Å². The Morgan fingerprint density at radius 1 is 1.16 bits per heavy atom. The van der Waals surface area contributed by atoms with Crippen LogP contribution in [0.2, 0.25) is 0 Å². The van der Waals surface area contributed by atoms with Crippen LogP contribution in [0.1, 0.15) is 36.7 Å². The Balaban J connectivity index is 1.88. The molecule has 0 saturated heterocycles. The molecule has 1 aliphatic heterocycles. The van der Waals surface area contributed by atoms with Gasteiger partial charge in [-0.2, -0.15) is 0 Å². The van der Waals surface area contributed by atoms with E-state index in [0.717, 1.165) is 44.9 Å². The molecular weight excluding hydrogens is 310 g/mol. The van der Waals surface area contributed by atoms with E-state index >= 15 is 0 Å². The summed E-state index contributed by atoms with van der Waals surface area (Å²) in [5, 5.41) is 0. The molecule has 2 heterocycles. The topological polar surface area (TPSA) is 28.6 Å². The van der Waals surface area contributed by atoms with Crippen molar-refractivity contribution >= 4 is 0 Å². The maximum absolute atomic E-state index is 5.33. The minimum absolute atomic E-state index is 0.277. The molecule has 0 fully saturated rings. The zero-order valence-corrected chi connectivity index (χ0v) is 15.6. The first-order valence-corrected chi connectivity index (χ1v) is 9.31. The number of hydrogen-bond acceptors (Lipinski definition) is 4. The van der Waals surface area contributed by atoms with Gasteiger partial charge in [0.15, 0.2) is 0 Å². The van der Waals surface area contributed by atoms with Gasteiger partial charge >= 0.3 is 0 Å². The van der Waals surface area contributed by atoms with Crippen LogP contribution in [0.3, 0.4) is 0 Å². The summed E-state index contributed by atoms with van der Waals surface area (Å²) in [6.07, 6.45) is 2.94.